The number of hydrogen-bond acceptors (Lipinski definition) is 3. The van der Waals surface area contributed by atoms with Gasteiger partial charge in [0.05, 0.1) is 24.4 Å². The lowest BCUT2D eigenvalue weighted by molar-refractivity contribution is -0.126. The van der Waals surface area contributed by atoms with E-state index >= 15 is 0 Å². The number of carbonyl (C=O) groups excluding carboxylic acids is 1. The van der Waals surface area contributed by atoms with Gasteiger partial charge in [0, 0.05) is 6.42 Å². The number of rotatable bonds is 6. The van der Waals surface area contributed by atoms with Crippen LogP contribution in [0.2, 0.25) is 0 Å². The molecule has 0 aromatic carbocycles. The average molecular weight is 216 g/mol. The molecule has 0 saturated heterocycles. The van der Waals surface area contributed by atoms with Crippen LogP contribution in [0, 0.1) is 0 Å². The van der Waals surface area contributed by atoms with E-state index in [1.165, 1.54) is 0 Å². The Balaban J connectivity index is 3.71. The molecule has 0 aliphatic heterocycles. The number of carbonyl (C=O) groups is 1. The molecule has 3 heteroatoms. The van der Waals surface area contributed by atoms with Crippen molar-refractivity contribution in [3.05, 3.63) is 0 Å². The Morgan fingerprint density at radius 1 is 1.00 bits per heavy atom. The lowest BCUT2D eigenvalue weighted by Gasteiger charge is -2.25. The minimum Gasteiger partial charge on any atom is -0.373 e. The van der Waals surface area contributed by atoms with Gasteiger partial charge in [-0.25, -0.2) is 0 Å². The minimum atomic E-state index is -0.382. The van der Waals surface area contributed by atoms with Gasteiger partial charge in [-0.2, -0.15) is 0 Å². The molecule has 0 N–H and O–H groups in total. The van der Waals surface area contributed by atoms with E-state index in [9.17, 15) is 4.79 Å². The maximum atomic E-state index is 10.9. The van der Waals surface area contributed by atoms with Crippen molar-refractivity contribution in [2.75, 3.05) is 13.2 Å². The lowest BCUT2D eigenvalue weighted by Crippen LogP contribution is -2.30. The summed E-state index contributed by atoms with van der Waals surface area (Å²) in [5.41, 5.74) is -0.513. The summed E-state index contributed by atoms with van der Waals surface area (Å²) in [5, 5.41) is 0. The van der Waals surface area contributed by atoms with E-state index in [1.54, 1.807) is 6.92 Å². The number of ketones is 1. The summed E-state index contributed by atoms with van der Waals surface area (Å²) < 4.78 is 11.1. The first-order chi connectivity index (χ1) is 6.62. The van der Waals surface area contributed by atoms with Crippen LogP contribution in [0.4, 0.5) is 0 Å². The van der Waals surface area contributed by atoms with Crippen molar-refractivity contribution in [3.63, 3.8) is 0 Å². The molecule has 0 aromatic heterocycles. The zero-order valence-electron chi connectivity index (χ0n) is 10.8. The predicted molar refractivity (Wildman–Crippen MR) is 61.0 cm³/mol. The molecule has 0 saturated carbocycles. The molecular formula is C12H24O3. The second-order valence-corrected chi connectivity index (χ2v) is 5.45. The second-order valence-electron chi connectivity index (χ2n) is 5.45. The van der Waals surface area contributed by atoms with Crippen LogP contribution in [-0.4, -0.2) is 30.2 Å². The Hall–Kier alpha value is -0.410. The van der Waals surface area contributed by atoms with Gasteiger partial charge >= 0.3 is 0 Å². The van der Waals surface area contributed by atoms with Gasteiger partial charge in [0.2, 0.25) is 0 Å². The summed E-state index contributed by atoms with van der Waals surface area (Å²) in [4.78, 5) is 10.9. The van der Waals surface area contributed by atoms with Crippen molar-refractivity contribution in [2.45, 2.75) is 59.2 Å². The fourth-order valence-corrected chi connectivity index (χ4v) is 1.32. The van der Waals surface area contributed by atoms with Crippen LogP contribution < -0.4 is 0 Å². The molecule has 90 valence electrons. The van der Waals surface area contributed by atoms with Crippen molar-refractivity contribution in [3.8, 4) is 0 Å². The van der Waals surface area contributed by atoms with Crippen LogP contribution >= 0.6 is 0 Å². The Morgan fingerprint density at radius 3 is 1.87 bits per heavy atom. The van der Waals surface area contributed by atoms with Gasteiger partial charge in [-0.15, -0.1) is 0 Å². The third-order valence-electron chi connectivity index (χ3n) is 1.79. The van der Waals surface area contributed by atoms with Crippen molar-refractivity contribution < 1.29 is 14.3 Å². The zero-order valence-corrected chi connectivity index (χ0v) is 10.8. The maximum Gasteiger partial charge on any atom is 0.132 e. The van der Waals surface area contributed by atoms with Crippen LogP contribution in [0.5, 0.6) is 0 Å². The van der Waals surface area contributed by atoms with Crippen molar-refractivity contribution in [1.82, 2.24) is 0 Å². The smallest absolute Gasteiger partial charge is 0.132 e. The fraction of sp³-hybridized carbons (Fsp3) is 0.917. The summed E-state index contributed by atoms with van der Waals surface area (Å²) in [6.45, 7) is 12.5. The molecule has 15 heavy (non-hydrogen) atoms. The Bertz CT molecular complexity index is 201. The molecule has 0 aliphatic rings. The number of hydrogen-bond donors (Lipinski definition) is 0. The highest BCUT2D eigenvalue weighted by atomic mass is 16.5. The summed E-state index contributed by atoms with van der Waals surface area (Å²) in [5.74, 6) is 0.150. The van der Waals surface area contributed by atoms with E-state index in [4.69, 9.17) is 9.47 Å². The molecule has 0 unspecified atom stereocenters. The first-order valence-electron chi connectivity index (χ1n) is 5.40. The SMILES string of the molecule is CC(=O)CC(C)(C)OCCOC(C)(C)C. The van der Waals surface area contributed by atoms with Gasteiger partial charge < -0.3 is 9.47 Å². The molecule has 0 aliphatic carbocycles. The van der Waals surface area contributed by atoms with Gasteiger partial charge in [-0.3, -0.25) is 4.79 Å². The first kappa shape index (κ1) is 14.6. The van der Waals surface area contributed by atoms with Crippen LogP contribution in [0.1, 0.15) is 48.0 Å². The van der Waals surface area contributed by atoms with Gasteiger partial charge in [0.25, 0.3) is 0 Å². The average Bonchev–Trinajstić information content (AvgIpc) is 1.93. The fourth-order valence-electron chi connectivity index (χ4n) is 1.32. The Labute approximate surface area is 93.1 Å². The summed E-state index contributed by atoms with van der Waals surface area (Å²) in [7, 11) is 0. The van der Waals surface area contributed by atoms with E-state index in [2.05, 4.69) is 0 Å². The van der Waals surface area contributed by atoms with E-state index in [0.717, 1.165) is 0 Å². The van der Waals surface area contributed by atoms with Crippen LogP contribution in [0.15, 0.2) is 0 Å². The highest BCUT2D eigenvalue weighted by Crippen LogP contribution is 2.15. The van der Waals surface area contributed by atoms with Gasteiger partial charge in [0.1, 0.15) is 5.78 Å². The monoisotopic (exact) mass is 216 g/mol. The van der Waals surface area contributed by atoms with Crippen LogP contribution in [0.3, 0.4) is 0 Å². The molecule has 0 atom stereocenters. The second kappa shape index (κ2) is 5.61. The van der Waals surface area contributed by atoms with Gasteiger partial charge in [0.15, 0.2) is 0 Å². The Morgan fingerprint density at radius 2 is 1.47 bits per heavy atom. The molecule has 0 aromatic rings. The molecular weight excluding hydrogens is 192 g/mol. The molecule has 0 heterocycles. The normalized spacial score (nSPS) is 12.9. The topological polar surface area (TPSA) is 35.5 Å². The quantitative estimate of drug-likeness (QED) is 0.640. The third-order valence-corrected chi connectivity index (χ3v) is 1.79. The van der Waals surface area contributed by atoms with E-state index in [1.807, 2.05) is 34.6 Å². The minimum absolute atomic E-state index is 0.131. The largest absolute Gasteiger partial charge is 0.373 e. The standard InChI is InChI=1S/C12H24O3/c1-10(13)9-12(5,6)15-8-7-14-11(2,3)4/h7-9H2,1-6H3. The van der Waals surface area contributed by atoms with E-state index < -0.39 is 0 Å². The summed E-state index contributed by atoms with van der Waals surface area (Å²) in [6.07, 6.45) is 0.447. The molecule has 0 rings (SSSR count). The predicted octanol–water partition coefficient (Wildman–Crippen LogP) is 2.58. The molecule has 0 bridgehead atoms. The molecule has 0 spiro atoms. The third kappa shape index (κ3) is 9.88. The lowest BCUT2D eigenvalue weighted by atomic mass is 10.0. The zero-order chi connectivity index (χ0) is 12.1. The molecule has 0 fully saturated rings. The highest BCUT2D eigenvalue weighted by molar-refractivity contribution is 5.76. The summed E-state index contributed by atoms with van der Waals surface area (Å²) >= 11 is 0. The molecule has 3 nitrogen and oxygen atoms in total. The number of ether oxygens (including phenoxy) is 2. The van der Waals surface area contributed by atoms with E-state index in [0.29, 0.717) is 19.6 Å². The maximum absolute atomic E-state index is 10.9. The summed E-state index contributed by atoms with van der Waals surface area (Å²) in [6, 6.07) is 0. The van der Waals surface area contributed by atoms with Crippen LogP contribution in [-0.2, 0) is 14.3 Å². The molecule has 0 radical (unpaired) electrons. The van der Waals surface area contributed by atoms with E-state index in [-0.39, 0.29) is 17.0 Å². The van der Waals surface area contributed by atoms with Crippen LogP contribution in [0.25, 0.3) is 0 Å². The van der Waals surface area contributed by atoms with Crippen molar-refractivity contribution in [1.29, 1.82) is 0 Å². The van der Waals surface area contributed by atoms with Gasteiger partial charge in [-0.05, 0) is 41.5 Å². The number of Topliss-reactive ketones (excluding diaryl/α,β-unsaturated/α-hetero) is 1. The van der Waals surface area contributed by atoms with Gasteiger partial charge in [-0.1, -0.05) is 0 Å². The first-order valence-corrected chi connectivity index (χ1v) is 5.40. The van der Waals surface area contributed by atoms with Crippen molar-refractivity contribution >= 4 is 5.78 Å². The Kier molecular flexibility index (Phi) is 5.46. The van der Waals surface area contributed by atoms with Crippen molar-refractivity contribution in [2.24, 2.45) is 0 Å². The molecule has 0 amide bonds. The highest BCUT2D eigenvalue weighted by Gasteiger charge is 2.20.